The summed E-state index contributed by atoms with van der Waals surface area (Å²) in [5.41, 5.74) is 0. The number of carbonyl (C=O) groups is 1. The van der Waals surface area contributed by atoms with Crippen LogP contribution >= 0.6 is 0 Å². The van der Waals surface area contributed by atoms with Gasteiger partial charge in [0.25, 0.3) is 0 Å². The summed E-state index contributed by atoms with van der Waals surface area (Å²) < 4.78 is 0. The van der Waals surface area contributed by atoms with Gasteiger partial charge in [0, 0.05) is 19.4 Å². The van der Waals surface area contributed by atoms with Gasteiger partial charge in [0.05, 0.1) is 0 Å². The average Bonchev–Trinajstić information content (AvgIpc) is 2.21. The Morgan fingerprint density at radius 2 is 2.00 bits per heavy atom. The van der Waals surface area contributed by atoms with Crippen molar-refractivity contribution in [1.82, 2.24) is 0 Å². The standard InChI is InChI=1S/C12H24O2/c1-3-5-7-11(4-2)10-12(14)8-6-9-13/h11,13H,3-10H2,1-2H3. The maximum Gasteiger partial charge on any atom is 0.133 e. The Morgan fingerprint density at radius 1 is 1.29 bits per heavy atom. The van der Waals surface area contributed by atoms with Crippen LogP contribution in [0.1, 0.15) is 58.8 Å². The molecule has 2 heteroatoms. The van der Waals surface area contributed by atoms with Crippen molar-refractivity contribution in [3.8, 4) is 0 Å². The van der Waals surface area contributed by atoms with Crippen molar-refractivity contribution in [2.24, 2.45) is 5.92 Å². The lowest BCUT2D eigenvalue weighted by molar-refractivity contribution is -0.120. The van der Waals surface area contributed by atoms with Crippen molar-refractivity contribution >= 4 is 5.78 Å². The van der Waals surface area contributed by atoms with Crippen LogP contribution in [-0.4, -0.2) is 17.5 Å². The number of aliphatic hydroxyl groups excluding tert-OH is 1. The fraction of sp³-hybridized carbons (Fsp3) is 0.917. The van der Waals surface area contributed by atoms with Crippen LogP contribution in [0.5, 0.6) is 0 Å². The Balaban J connectivity index is 3.62. The van der Waals surface area contributed by atoms with Gasteiger partial charge in [-0.15, -0.1) is 0 Å². The molecule has 0 aromatic rings. The van der Waals surface area contributed by atoms with Gasteiger partial charge >= 0.3 is 0 Å². The molecule has 0 aliphatic rings. The van der Waals surface area contributed by atoms with Gasteiger partial charge in [-0.3, -0.25) is 4.79 Å². The predicted molar refractivity (Wildman–Crippen MR) is 59.2 cm³/mol. The summed E-state index contributed by atoms with van der Waals surface area (Å²) in [5, 5.41) is 8.60. The Hall–Kier alpha value is -0.370. The molecule has 0 bridgehead atoms. The molecule has 0 heterocycles. The van der Waals surface area contributed by atoms with Gasteiger partial charge in [0.2, 0.25) is 0 Å². The van der Waals surface area contributed by atoms with Crippen molar-refractivity contribution in [1.29, 1.82) is 0 Å². The van der Waals surface area contributed by atoms with E-state index in [1.165, 1.54) is 19.3 Å². The van der Waals surface area contributed by atoms with Gasteiger partial charge in [0.1, 0.15) is 5.78 Å². The third kappa shape index (κ3) is 7.07. The molecule has 0 aliphatic carbocycles. The molecule has 0 saturated heterocycles. The minimum Gasteiger partial charge on any atom is -0.396 e. The lowest BCUT2D eigenvalue weighted by Crippen LogP contribution is -2.08. The third-order valence-electron chi connectivity index (χ3n) is 2.67. The van der Waals surface area contributed by atoms with E-state index in [9.17, 15) is 4.79 Å². The molecule has 1 unspecified atom stereocenters. The van der Waals surface area contributed by atoms with E-state index in [2.05, 4.69) is 13.8 Å². The van der Waals surface area contributed by atoms with Crippen molar-refractivity contribution in [2.45, 2.75) is 58.8 Å². The molecule has 1 N–H and O–H groups in total. The van der Waals surface area contributed by atoms with Crippen LogP contribution < -0.4 is 0 Å². The summed E-state index contributed by atoms with van der Waals surface area (Å²) >= 11 is 0. The zero-order valence-corrected chi connectivity index (χ0v) is 9.59. The normalized spacial score (nSPS) is 12.8. The second-order valence-electron chi connectivity index (χ2n) is 3.99. The number of Topliss-reactive ketones (excluding diaryl/α,β-unsaturated/α-hetero) is 1. The van der Waals surface area contributed by atoms with Crippen molar-refractivity contribution in [2.75, 3.05) is 6.61 Å². The van der Waals surface area contributed by atoms with E-state index < -0.39 is 0 Å². The molecule has 14 heavy (non-hydrogen) atoms. The van der Waals surface area contributed by atoms with Crippen LogP contribution in [0.3, 0.4) is 0 Å². The molecule has 1 atom stereocenters. The monoisotopic (exact) mass is 200 g/mol. The number of hydrogen-bond acceptors (Lipinski definition) is 2. The highest BCUT2D eigenvalue weighted by Gasteiger charge is 2.10. The molecule has 84 valence electrons. The van der Waals surface area contributed by atoms with E-state index in [1.54, 1.807) is 0 Å². The molecule has 0 spiro atoms. The van der Waals surface area contributed by atoms with Crippen LogP contribution in [0.2, 0.25) is 0 Å². The third-order valence-corrected chi connectivity index (χ3v) is 2.67. The Bertz CT molecular complexity index is 143. The summed E-state index contributed by atoms with van der Waals surface area (Å²) in [4.78, 5) is 11.4. The second-order valence-corrected chi connectivity index (χ2v) is 3.99. The number of ketones is 1. The minimum absolute atomic E-state index is 0.136. The zero-order chi connectivity index (χ0) is 10.8. The van der Waals surface area contributed by atoms with E-state index in [0.29, 0.717) is 24.5 Å². The topological polar surface area (TPSA) is 37.3 Å². The lowest BCUT2D eigenvalue weighted by atomic mass is 9.92. The molecule has 0 radical (unpaired) electrons. The zero-order valence-electron chi connectivity index (χ0n) is 9.59. The van der Waals surface area contributed by atoms with E-state index in [1.807, 2.05) is 0 Å². The fourth-order valence-corrected chi connectivity index (χ4v) is 1.64. The molecule has 0 aromatic carbocycles. The summed E-state index contributed by atoms with van der Waals surface area (Å²) in [6, 6.07) is 0. The summed E-state index contributed by atoms with van der Waals surface area (Å²) in [5.74, 6) is 0.892. The first-order valence-electron chi connectivity index (χ1n) is 5.87. The number of rotatable bonds is 9. The van der Waals surface area contributed by atoms with E-state index in [-0.39, 0.29) is 6.61 Å². The Labute approximate surface area is 87.7 Å². The quantitative estimate of drug-likeness (QED) is 0.621. The number of carbonyl (C=O) groups excluding carboxylic acids is 1. The SMILES string of the molecule is CCCCC(CC)CC(=O)CCCO. The lowest BCUT2D eigenvalue weighted by Gasteiger charge is -2.12. The minimum atomic E-state index is 0.136. The van der Waals surface area contributed by atoms with Crippen LogP contribution in [0.4, 0.5) is 0 Å². The first kappa shape index (κ1) is 13.6. The van der Waals surface area contributed by atoms with Gasteiger partial charge < -0.3 is 5.11 Å². The van der Waals surface area contributed by atoms with Gasteiger partial charge in [-0.1, -0.05) is 39.5 Å². The highest BCUT2D eigenvalue weighted by Crippen LogP contribution is 2.17. The molecule has 0 saturated carbocycles. The van der Waals surface area contributed by atoms with Crippen LogP contribution in [-0.2, 0) is 4.79 Å². The van der Waals surface area contributed by atoms with Gasteiger partial charge in [0.15, 0.2) is 0 Å². The maximum atomic E-state index is 11.4. The van der Waals surface area contributed by atoms with E-state index >= 15 is 0 Å². The van der Waals surface area contributed by atoms with Gasteiger partial charge in [-0.2, -0.15) is 0 Å². The van der Waals surface area contributed by atoms with Crippen LogP contribution in [0.25, 0.3) is 0 Å². The molecule has 0 rings (SSSR count). The first-order valence-corrected chi connectivity index (χ1v) is 5.87. The van der Waals surface area contributed by atoms with Crippen molar-refractivity contribution in [3.63, 3.8) is 0 Å². The summed E-state index contributed by atoms with van der Waals surface area (Å²) in [6.07, 6.45) is 6.62. The highest BCUT2D eigenvalue weighted by atomic mass is 16.3. The summed E-state index contributed by atoms with van der Waals surface area (Å²) in [6.45, 7) is 4.47. The first-order chi connectivity index (χ1) is 6.74. The second kappa shape index (κ2) is 9.20. The fourth-order valence-electron chi connectivity index (χ4n) is 1.64. The number of hydrogen-bond donors (Lipinski definition) is 1. The van der Waals surface area contributed by atoms with Crippen LogP contribution in [0.15, 0.2) is 0 Å². The van der Waals surface area contributed by atoms with Crippen LogP contribution in [0, 0.1) is 5.92 Å². The molecule has 0 aliphatic heterocycles. The number of aliphatic hydroxyl groups is 1. The Morgan fingerprint density at radius 3 is 2.50 bits per heavy atom. The van der Waals surface area contributed by atoms with Crippen molar-refractivity contribution in [3.05, 3.63) is 0 Å². The highest BCUT2D eigenvalue weighted by molar-refractivity contribution is 5.78. The predicted octanol–water partition coefficient (Wildman–Crippen LogP) is 2.93. The molecule has 0 aromatic heterocycles. The van der Waals surface area contributed by atoms with Gasteiger partial charge in [-0.05, 0) is 12.3 Å². The molecular weight excluding hydrogens is 176 g/mol. The van der Waals surface area contributed by atoms with Gasteiger partial charge in [-0.25, -0.2) is 0 Å². The van der Waals surface area contributed by atoms with E-state index in [0.717, 1.165) is 12.8 Å². The maximum absolute atomic E-state index is 11.4. The smallest absolute Gasteiger partial charge is 0.133 e. The van der Waals surface area contributed by atoms with Crippen molar-refractivity contribution < 1.29 is 9.90 Å². The molecule has 0 amide bonds. The molecule has 0 fully saturated rings. The molecular formula is C12H24O2. The molecule has 2 nitrogen and oxygen atoms in total. The summed E-state index contributed by atoms with van der Waals surface area (Å²) in [7, 11) is 0. The van der Waals surface area contributed by atoms with E-state index in [4.69, 9.17) is 5.11 Å². The Kier molecular flexibility index (Phi) is 8.95. The number of unbranched alkanes of at least 4 members (excludes halogenated alkanes) is 1. The average molecular weight is 200 g/mol. The largest absolute Gasteiger partial charge is 0.396 e.